The molecule has 1 atom stereocenters. The summed E-state index contributed by atoms with van der Waals surface area (Å²) in [6.45, 7) is 6.14. The number of allylic oxidation sites excluding steroid dienone is 33. The zero-order chi connectivity index (χ0) is 57.1. The molecule has 0 radical (unpaired) electrons. The summed E-state index contributed by atoms with van der Waals surface area (Å²) in [5, 5.41) is 0. The molecule has 0 fully saturated rings. The van der Waals surface area contributed by atoms with Crippen molar-refractivity contribution in [2.75, 3.05) is 13.2 Å². The van der Waals surface area contributed by atoms with Crippen LogP contribution in [-0.4, -0.2) is 37.2 Å². The third-order valence-corrected chi connectivity index (χ3v) is 11.8. The highest BCUT2D eigenvalue weighted by Crippen LogP contribution is 2.11. The van der Waals surface area contributed by atoms with E-state index in [1.165, 1.54) is 0 Å². The van der Waals surface area contributed by atoms with Crippen LogP contribution in [0.1, 0.15) is 213 Å². The lowest BCUT2D eigenvalue weighted by Gasteiger charge is -2.18. The minimum Gasteiger partial charge on any atom is -0.462 e. The van der Waals surface area contributed by atoms with Crippen molar-refractivity contribution in [1.29, 1.82) is 0 Å². The number of hydrogen-bond donors (Lipinski definition) is 0. The monoisotopic (exact) mass is 1080 g/mol. The number of carbonyl (C=O) groups is 3. The van der Waals surface area contributed by atoms with E-state index in [9.17, 15) is 14.4 Å². The van der Waals surface area contributed by atoms with Crippen LogP contribution in [0, 0.1) is 0 Å². The summed E-state index contributed by atoms with van der Waals surface area (Å²) in [6.07, 6.45) is 99.9. The smallest absolute Gasteiger partial charge is 0.309 e. The third-order valence-electron chi connectivity index (χ3n) is 11.8. The van der Waals surface area contributed by atoms with Crippen LogP contribution in [0.2, 0.25) is 0 Å². The van der Waals surface area contributed by atoms with Crippen molar-refractivity contribution in [2.24, 2.45) is 0 Å². The Morgan fingerprint density at radius 3 is 0.810 bits per heavy atom. The van der Waals surface area contributed by atoms with Crippen molar-refractivity contribution in [3.8, 4) is 0 Å². The van der Waals surface area contributed by atoms with Crippen molar-refractivity contribution in [2.45, 2.75) is 219 Å². The first kappa shape index (κ1) is 73.0. The number of esters is 3. The molecule has 0 aliphatic carbocycles. The summed E-state index contributed by atoms with van der Waals surface area (Å²) in [4.78, 5) is 38.2. The van der Waals surface area contributed by atoms with Gasteiger partial charge in [-0.15, -0.1) is 0 Å². The quantitative estimate of drug-likeness (QED) is 0.0261. The minimum absolute atomic E-state index is 0.104. The van der Waals surface area contributed by atoms with Gasteiger partial charge in [0.25, 0.3) is 0 Å². The molecule has 0 aromatic rings. The third kappa shape index (κ3) is 62.7. The molecule has 436 valence electrons. The molecule has 0 saturated carbocycles. The van der Waals surface area contributed by atoms with Gasteiger partial charge >= 0.3 is 17.9 Å². The van der Waals surface area contributed by atoms with Gasteiger partial charge in [0, 0.05) is 12.8 Å². The van der Waals surface area contributed by atoms with Gasteiger partial charge in [0.2, 0.25) is 0 Å². The molecular weight excluding hydrogens is 973 g/mol. The SMILES string of the molecule is CC/C=C\C/C=C\C/C=C\C/C=C\C/C=C\C/C=C\CCCCCCC(=O)OCC(COC(=O)C/C=C\C/C=C\C/C=C\C/C=C\C/C=C\CC)OC(=O)CCCCCC/C=C\C/C=C\C/C=C\C/C=C\C/C=C\C/C=C\CC. The average Bonchev–Trinajstić information content (AvgIpc) is 3.45. The standard InChI is InChI=1S/C73H108O6/c1-4-7-10-13-16-19-22-25-28-30-32-34-36-38-40-42-45-48-51-54-57-60-63-66-72(75)78-69-70(68-77-71(74)65-62-59-56-53-50-47-44-27-24-21-18-15-12-9-6-3)79-73(76)67-64-61-58-55-52-49-46-43-41-39-37-35-33-31-29-26-23-20-17-14-11-8-5-2/h7-12,16-21,25-29,32-35,38-41,44-46,48-50,53,59,62,70H,4-6,13-15,22-24,30-31,36-37,42-43,47,51-52,54-58,60-61,63-69H2,1-3H3/b10-7-,11-8-,12-9-,19-16-,20-17-,21-18-,28-25-,29-26-,34-32-,35-33-,40-38-,41-39-,44-27-,48-45-,49-46-,53-50-,62-59-. The van der Waals surface area contributed by atoms with Crippen molar-refractivity contribution in [3.05, 3.63) is 207 Å². The highest BCUT2D eigenvalue weighted by atomic mass is 16.6. The average molecular weight is 1080 g/mol. The lowest BCUT2D eigenvalue weighted by atomic mass is 10.1. The van der Waals surface area contributed by atoms with Crippen LogP contribution >= 0.6 is 0 Å². The molecule has 6 nitrogen and oxygen atoms in total. The second-order valence-electron chi connectivity index (χ2n) is 19.1. The topological polar surface area (TPSA) is 78.9 Å². The fourth-order valence-electron chi connectivity index (χ4n) is 7.34. The van der Waals surface area contributed by atoms with E-state index in [0.717, 1.165) is 161 Å². The lowest BCUT2D eigenvalue weighted by molar-refractivity contribution is -0.166. The number of carbonyl (C=O) groups excluding carboxylic acids is 3. The normalized spacial score (nSPS) is 13.6. The molecular formula is C73H108O6. The van der Waals surface area contributed by atoms with E-state index >= 15 is 0 Å². The molecule has 0 heterocycles. The summed E-state index contributed by atoms with van der Waals surface area (Å²) < 4.78 is 16.7. The molecule has 6 heteroatoms. The van der Waals surface area contributed by atoms with Crippen LogP contribution in [0.25, 0.3) is 0 Å². The number of unbranched alkanes of at least 4 members (excludes halogenated alkanes) is 8. The summed E-state index contributed by atoms with van der Waals surface area (Å²) in [5.41, 5.74) is 0. The van der Waals surface area contributed by atoms with Gasteiger partial charge in [-0.2, -0.15) is 0 Å². The Hall–Kier alpha value is -6.01. The van der Waals surface area contributed by atoms with Crippen molar-refractivity contribution >= 4 is 17.9 Å². The van der Waals surface area contributed by atoms with Gasteiger partial charge in [-0.05, 0) is 148 Å². The first-order valence-corrected chi connectivity index (χ1v) is 30.6. The van der Waals surface area contributed by atoms with E-state index in [1.54, 1.807) is 6.08 Å². The Balaban J connectivity index is 4.62. The Morgan fingerprint density at radius 2 is 0.506 bits per heavy atom. The molecule has 0 N–H and O–H groups in total. The van der Waals surface area contributed by atoms with E-state index in [1.807, 2.05) is 6.08 Å². The van der Waals surface area contributed by atoms with E-state index in [0.29, 0.717) is 19.3 Å². The molecule has 0 saturated heterocycles. The molecule has 0 bridgehead atoms. The first-order valence-electron chi connectivity index (χ1n) is 30.6. The van der Waals surface area contributed by atoms with Crippen LogP contribution in [-0.2, 0) is 28.6 Å². The second-order valence-corrected chi connectivity index (χ2v) is 19.1. The summed E-state index contributed by atoms with van der Waals surface area (Å²) in [7, 11) is 0. The highest BCUT2D eigenvalue weighted by Gasteiger charge is 2.19. The number of rotatable bonds is 52. The van der Waals surface area contributed by atoms with Crippen LogP contribution in [0.3, 0.4) is 0 Å². The molecule has 0 aliphatic rings. The molecule has 0 aromatic carbocycles. The zero-order valence-corrected chi connectivity index (χ0v) is 49.8. The van der Waals surface area contributed by atoms with Crippen LogP contribution < -0.4 is 0 Å². The van der Waals surface area contributed by atoms with E-state index in [-0.39, 0.29) is 38.0 Å². The molecule has 0 aromatic heterocycles. The molecule has 79 heavy (non-hydrogen) atoms. The van der Waals surface area contributed by atoms with Gasteiger partial charge < -0.3 is 14.2 Å². The maximum absolute atomic E-state index is 12.9. The summed E-state index contributed by atoms with van der Waals surface area (Å²) in [5.74, 6) is -1.14. The van der Waals surface area contributed by atoms with Crippen LogP contribution in [0.5, 0.6) is 0 Å². The van der Waals surface area contributed by atoms with Gasteiger partial charge in [-0.25, -0.2) is 0 Å². The first-order chi connectivity index (χ1) is 39.0. The Labute approximate surface area is 483 Å². The van der Waals surface area contributed by atoms with Crippen LogP contribution in [0.15, 0.2) is 207 Å². The van der Waals surface area contributed by atoms with Crippen LogP contribution in [0.4, 0.5) is 0 Å². The largest absolute Gasteiger partial charge is 0.462 e. The van der Waals surface area contributed by atoms with Gasteiger partial charge in [0.1, 0.15) is 13.2 Å². The Morgan fingerprint density at radius 1 is 0.266 bits per heavy atom. The number of ether oxygens (including phenoxy) is 3. The maximum atomic E-state index is 12.9. The fourth-order valence-corrected chi connectivity index (χ4v) is 7.34. The highest BCUT2D eigenvalue weighted by molar-refractivity contribution is 5.72. The lowest BCUT2D eigenvalue weighted by Crippen LogP contribution is -2.30. The van der Waals surface area contributed by atoms with E-state index in [2.05, 4.69) is 215 Å². The molecule has 0 rings (SSSR count). The summed E-state index contributed by atoms with van der Waals surface area (Å²) >= 11 is 0. The fraction of sp³-hybridized carbons (Fsp3) is 0.493. The van der Waals surface area contributed by atoms with E-state index in [4.69, 9.17) is 14.2 Å². The van der Waals surface area contributed by atoms with Gasteiger partial charge in [0.15, 0.2) is 6.10 Å². The predicted molar refractivity (Wildman–Crippen MR) is 343 cm³/mol. The Bertz CT molecular complexity index is 1960. The predicted octanol–water partition coefficient (Wildman–Crippen LogP) is 21.2. The zero-order valence-electron chi connectivity index (χ0n) is 49.8. The second kappa shape index (κ2) is 64.5. The van der Waals surface area contributed by atoms with Crippen molar-refractivity contribution < 1.29 is 28.6 Å². The summed E-state index contributed by atoms with van der Waals surface area (Å²) in [6, 6.07) is 0. The van der Waals surface area contributed by atoms with Gasteiger partial charge in [-0.1, -0.05) is 253 Å². The van der Waals surface area contributed by atoms with Crippen molar-refractivity contribution in [3.63, 3.8) is 0 Å². The maximum Gasteiger partial charge on any atom is 0.309 e. The molecule has 0 spiro atoms. The molecule has 0 amide bonds. The molecule has 1 unspecified atom stereocenters. The molecule has 0 aliphatic heterocycles. The Kier molecular flexibility index (Phi) is 59.6. The number of hydrogen-bond acceptors (Lipinski definition) is 6. The van der Waals surface area contributed by atoms with E-state index < -0.39 is 12.1 Å². The minimum atomic E-state index is -0.858. The van der Waals surface area contributed by atoms with Gasteiger partial charge in [0.05, 0.1) is 6.42 Å². The van der Waals surface area contributed by atoms with Gasteiger partial charge in [-0.3, -0.25) is 14.4 Å². The van der Waals surface area contributed by atoms with Crippen molar-refractivity contribution in [1.82, 2.24) is 0 Å².